The van der Waals surface area contributed by atoms with E-state index in [-0.39, 0.29) is 0 Å². The highest BCUT2D eigenvalue weighted by Gasteiger charge is 2.04. The smallest absolute Gasteiger partial charge is 0.211 e. The fraction of sp³-hybridized carbons (Fsp3) is 0.222. The molecule has 0 radical (unpaired) electrons. The molecule has 2 nitrogen and oxygen atoms in total. The quantitative estimate of drug-likeness (QED) is 0.474. The fourth-order valence-electron chi connectivity index (χ4n) is 0.995. The fourth-order valence-corrected chi connectivity index (χ4v) is 2.25. The van der Waals surface area contributed by atoms with Gasteiger partial charge in [0.15, 0.2) is 0 Å². The van der Waals surface area contributed by atoms with E-state index in [9.17, 15) is 4.79 Å². The molecule has 0 fully saturated rings. The van der Waals surface area contributed by atoms with Gasteiger partial charge in [0.1, 0.15) is 0 Å². The molecule has 0 saturated carbocycles. The van der Waals surface area contributed by atoms with Crippen molar-refractivity contribution in [3.8, 4) is 0 Å². The molecule has 1 aromatic rings. The number of halogens is 1. The minimum Gasteiger partial charge on any atom is -0.211 e. The van der Waals surface area contributed by atoms with E-state index >= 15 is 0 Å². The molecule has 0 N–H and O–H groups in total. The first-order chi connectivity index (χ1) is 6.29. The number of carbonyl (C=O) groups excluding carboxylic acids is 1. The summed E-state index contributed by atoms with van der Waals surface area (Å²) >= 11 is 5.06. The van der Waals surface area contributed by atoms with Gasteiger partial charge >= 0.3 is 0 Å². The van der Waals surface area contributed by atoms with E-state index in [1.165, 1.54) is 6.08 Å². The number of isocyanates is 1. The van der Waals surface area contributed by atoms with E-state index in [1.807, 2.05) is 24.5 Å². The van der Waals surface area contributed by atoms with Gasteiger partial charge in [-0.2, -0.15) is 0 Å². The second-order valence-corrected chi connectivity index (χ2v) is 4.03. The minimum absolute atomic E-state index is 0.390. The zero-order valence-electron chi connectivity index (χ0n) is 7.08. The van der Waals surface area contributed by atoms with Gasteiger partial charge in [-0.3, -0.25) is 0 Å². The van der Waals surface area contributed by atoms with Gasteiger partial charge in [-0.05, 0) is 18.4 Å². The number of hydrogen-bond acceptors (Lipinski definition) is 3. The Kier molecular flexibility index (Phi) is 4.22. The summed E-state index contributed by atoms with van der Waals surface area (Å²) in [5.41, 5.74) is 1.04. The Morgan fingerprint density at radius 1 is 1.62 bits per heavy atom. The van der Waals surface area contributed by atoms with Gasteiger partial charge in [-0.1, -0.05) is 22.0 Å². The monoisotopic (exact) mass is 257 g/mol. The lowest BCUT2D eigenvalue weighted by atomic mass is 10.2. The molecular formula is C9H8BrNOS. The molecule has 0 saturated heterocycles. The van der Waals surface area contributed by atoms with Crippen LogP contribution < -0.4 is 0 Å². The van der Waals surface area contributed by atoms with Crippen LogP contribution >= 0.6 is 27.7 Å². The molecule has 0 aliphatic carbocycles. The maximum Gasteiger partial charge on any atom is 0.235 e. The number of rotatable bonds is 3. The Hall–Kier alpha value is -0.570. The summed E-state index contributed by atoms with van der Waals surface area (Å²) in [6, 6.07) is 5.91. The second-order valence-electron chi connectivity index (χ2n) is 2.33. The van der Waals surface area contributed by atoms with Gasteiger partial charge in [0.2, 0.25) is 6.08 Å². The highest BCUT2D eigenvalue weighted by atomic mass is 79.9. The first-order valence-corrected chi connectivity index (χ1v) is 5.66. The Bertz CT molecular complexity index is 347. The average Bonchev–Trinajstić information content (AvgIpc) is 2.15. The van der Waals surface area contributed by atoms with E-state index < -0.39 is 0 Å². The molecule has 0 heterocycles. The predicted molar refractivity (Wildman–Crippen MR) is 57.7 cm³/mol. The van der Waals surface area contributed by atoms with Crippen LogP contribution in [0.25, 0.3) is 0 Å². The standard InChI is InChI=1S/C9H8BrNOS/c1-13-9-4-2-3-8(10)7(9)5-11-6-12/h2-4H,5H2,1H3. The van der Waals surface area contributed by atoms with E-state index in [2.05, 4.69) is 20.9 Å². The number of thioether (sulfide) groups is 1. The van der Waals surface area contributed by atoms with E-state index in [1.54, 1.807) is 11.8 Å². The van der Waals surface area contributed by atoms with Crippen molar-refractivity contribution in [2.24, 2.45) is 4.99 Å². The molecule has 0 aliphatic rings. The zero-order chi connectivity index (χ0) is 9.68. The summed E-state index contributed by atoms with van der Waals surface area (Å²) in [6.45, 7) is 0.390. The normalized spacial score (nSPS) is 9.38. The Morgan fingerprint density at radius 2 is 2.38 bits per heavy atom. The van der Waals surface area contributed by atoms with Crippen molar-refractivity contribution in [2.45, 2.75) is 11.4 Å². The third-order valence-electron chi connectivity index (χ3n) is 1.60. The third kappa shape index (κ3) is 2.69. The summed E-state index contributed by atoms with van der Waals surface area (Å²) < 4.78 is 0.985. The Balaban J connectivity index is 3.06. The van der Waals surface area contributed by atoms with Gasteiger partial charge in [0.05, 0.1) is 6.54 Å². The van der Waals surface area contributed by atoms with E-state index in [0.717, 1.165) is 14.9 Å². The largest absolute Gasteiger partial charge is 0.235 e. The molecular weight excluding hydrogens is 250 g/mol. The average molecular weight is 258 g/mol. The van der Waals surface area contributed by atoms with Crippen molar-refractivity contribution in [1.82, 2.24) is 0 Å². The second kappa shape index (κ2) is 5.22. The van der Waals surface area contributed by atoms with Gasteiger partial charge in [0.25, 0.3) is 0 Å². The van der Waals surface area contributed by atoms with Crippen LogP contribution in [0.2, 0.25) is 0 Å². The Morgan fingerprint density at radius 3 is 3.00 bits per heavy atom. The molecule has 1 rings (SSSR count). The van der Waals surface area contributed by atoms with Gasteiger partial charge in [0, 0.05) is 14.9 Å². The first kappa shape index (κ1) is 10.5. The summed E-state index contributed by atoms with van der Waals surface area (Å²) in [6.07, 6.45) is 3.54. The first-order valence-electron chi connectivity index (χ1n) is 3.64. The van der Waals surface area contributed by atoms with Crippen molar-refractivity contribution in [3.05, 3.63) is 28.2 Å². The van der Waals surface area contributed by atoms with Crippen LogP contribution in [0.1, 0.15) is 5.56 Å². The highest BCUT2D eigenvalue weighted by Crippen LogP contribution is 2.27. The molecule has 0 bridgehead atoms. The molecule has 0 aromatic heterocycles. The van der Waals surface area contributed by atoms with Crippen LogP contribution in [-0.2, 0) is 11.3 Å². The van der Waals surface area contributed by atoms with Crippen molar-refractivity contribution in [1.29, 1.82) is 0 Å². The zero-order valence-corrected chi connectivity index (χ0v) is 9.48. The number of benzene rings is 1. The molecule has 4 heteroatoms. The molecule has 0 amide bonds. The molecule has 0 spiro atoms. The van der Waals surface area contributed by atoms with Gasteiger partial charge in [-0.15, -0.1) is 11.8 Å². The number of hydrogen-bond donors (Lipinski definition) is 0. The van der Waals surface area contributed by atoms with Crippen LogP contribution in [0.5, 0.6) is 0 Å². The van der Waals surface area contributed by atoms with Crippen LogP contribution in [-0.4, -0.2) is 12.3 Å². The van der Waals surface area contributed by atoms with Crippen molar-refractivity contribution in [3.63, 3.8) is 0 Å². The minimum atomic E-state index is 0.390. The predicted octanol–water partition coefficient (Wildman–Crippen LogP) is 3.01. The summed E-state index contributed by atoms with van der Waals surface area (Å²) in [5.74, 6) is 0. The Labute approximate surface area is 89.6 Å². The van der Waals surface area contributed by atoms with Crippen LogP contribution in [0.3, 0.4) is 0 Å². The van der Waals surface area contributed by atoms with Crippen molar-refractivity contribution < 1.29 is 4.79 Å². The lowest BCUT2D eigenvalue weighted by molar-refractivity contribution is 0.562. The molecule has 0 unspecified atom stereocenters. The molecule has 1 aromatic carbocycles. The van der Waals surface area contributed by atoms with Gasteiger partial charge < -0.3 is 0 Å². The lowest BCUT2D eigenvalue weighted by Crippen LogP contribution is -1.87. The lowest BCUT2D eigenvalue weighted by Gasteiger charge is -2.05. The topological polar surface area (TPSA) is 29.4 Å². The SMILES string of the molecule is CSc1cccc(Br)c1CN=C=O. The van der Waals surface area contributed by atoms with Crippen LogP contribution in [0, 0.1) is 0 Å². The van der Waals surface area contributed by atoms with E-state index in [0.29, 0.717) is 6.54 Å². The maximum absolute atomic E-state index is 9.98. The summed E-state index contributed by atoms with van der Waals surface area (Å²) in [5, 5.41) is 0. The maximum atomic E-state index is 9.98. The summed E-state index contributed by atoms with van der Waals surface area (Å²) in [4.78, 5) is 14.7. The highest BCUT2D eigenvalue weighted by molar-refractivity contribution is 9.10. The molecule has 13 heavy (non-hydrogen) atoms. The summed E-state index contributed by atoms with van der Waals surface area (Å²) in [7, 11) is 0. The van der Waals surface area contributed by atoms with E-state index in [4.69, 9.17) is 0 Å². The molecule has 0 atom stereocenters. The number of nitrogens with zero attached hydrogens (tertiary/aromatic N) is 1. The van der Waals surface area contributed by atoms with Crippen molar-refractivity contribution in [2.75, 3.05) is 6.26 Å². The molecule has 68 valence electrons. The van der Waals surface area contributed by atoms with Crippen LogP contribution in [0.15, 0.2) is 32.6 Å². The third-order valence-corrected chi connectivity index (χ3v) is 3.16. The number of aliphatic imine (C=N–C) groups is 1. The van der Waals surface area contributed by atoms with Gasteiger partial charge in [-0.25, -0.2) is 9.79 Å². The van der Waals surface area contributed by atoms with Crippen LogP contribution in [0.4, 0.5) is 0 Å². The molecule has 0 aliphatic heterocycles. The van der Waals surface area contributed by atoms with Crippen molar-refractivity contribution >= 4 is 33.8 Å².